The fourth-order valence-electron chi connectivity index (χ4n) is 3.86. The molecule has 0 aromatic carbocycles. The summed E-state index contributed by atoms with van der Waals surface area (Å²) in [6.45, 7) is 11.6. The van der Waals surface area contributed by atoms with Gasteiger partial charge in [0, 0.05) is 0 Å². The highest BCUT2D eigenvalue weighted by molar-refractivity contribution is 5.12. The van der Waals surface area contributed by atoms with Gasteiger partial charge >= 0.3 is 0 Å². The van der Waals surface area contributed by atoms with E-state index in [9.17, 15) is 5.11 Å². The number of hydrogen-bond acceptors (Lipinski definition) is 1. The van der Waals surface area contributed by atoms with Crippen molar-refractivity contribution in [3.8, 4) is 0 Å². The van der Waals surface area contributed by atoms with Crippen LogP contribution in [0.2, 0.25) is 0 Å². The van der Waals surface area contributed by atoms with Gasteiger partial charge in [0.25, 0.3) is 0 Å². The largest absolute Gasteiger partial charge is 0.393 e. The van der Waals surface area contributed by atoms with Crippen LogP contribution in [0, 0.1) is 28.6 Å². The van der Waals surface area contributed by atoms with E-state index in [4.69, 9.17) is 0 Å². The Kier molecular flexibility index (Phi) is 1.69. The summed E-state index contributed by atoms with van der Waals surface area (Å²) in [5.74, 6) is 1.76. The van der Waals surface area contributed by atoms with Gasteiger partial charge in [0.05, 0.1) is 6.10 Å². The first kappa shape index (κ1) is 9.51. The highest BCUT2D eigenvalue weighted by Gasteiger charge is 2.63. The van der Waals surface area contributed by atoms with Crippen molar-refractivity contribution in [2.75, 3.05) is 0 Å². The molecule has 0 aliphatic heterocycles. The van der Waals surface area contributed by atoms with Gasteiger partial charge in [0.15, 0.2) is 0 Å². The van der Waals surface area contributed by atoms with Crippen LogP contribution in [0.25, 0.3) is 0 Å². The van der Waals surface area contributed by atoms with Crippen molar-refractivity contribution in [1.29, 1.82) is 0 Å². The van der Waals surface area contributed by atoms with Crippen molar-refractivity contribution in [2.45, 2.75) is 47.1 Å². The Balaban J connectivity index is 2.40. The van der Waals surface area contributed by atoms with Gasteiger partial charge < -0.3 is 5.11 Å². The topological polar surface area (TPSA) is 20.2 Å². The molecule has 1 heteroatoms. The monoisotopic (exact) mass is 182 g/mol. The molecule has 2 rings (SSSR count). The number of hydrogen-bond donors (Lipinski definition) is 1. The van der Waals surface area contributed by atoms with E-state index in [1.807, 2.05) is 0 Å². The van der Waals surface area contributed by atoms with Gasteiger partial charge in [-0.05, 0) is 35.0 Å². The first-order valence-corrected chi connectivity index (χ1v) is 5.48. The molecular weight excluding hydrogens is 160 g/mol. The zero-order chi connectivity index (χ0) is 10.0. The third-order valence-electron chi connectivity index (χ3n) is 5.61. The predicted octanol–water partition coefficient (Wildman–Crippen LogP) is 2.69. The molecule has 1 N–H and O–H groups in total. The van der Waals surface area contributed by atoms with E-state index in [1.165, 1.54) is 6.42 Å². The molecule has 4 atom stereocenters. The molecule has 0 aromatic rings. The second-order valence-corrected chi connectivity index (χ2v) is 6.24. The molecule has 0 saturated heterocycles. The Bertz CT molecular complexity index is 205. The van der Waals surface area contributed by atoms with Gasteiger partial charge in [0.2, 0.25) is 0 Å². The van der Waals surface area contributed by atoms with Crippen LogP contribution in [0.1, 0.15) is 41.0 Å². The lowest BCUT2D eigenvalue weighted by Gasteiger charge is -2.49. The van der Waals surface area contributed by atoms with Gasteiger partial charge in [0.1, 0.15) is 0 Å². The van der Waals surface area contributed by atoms with Crippen LogP contribution in [-0.2, 0) is 0 Å². The van der Waals surface area contributed by atoms with Crippen LogP contribution < -0.4 is 0 Å². The lowest BCUT2D eigenvalue weighted by Crippen LogP contribution is -2.47. The first-order chi connectivity index (χ1) is 5.80. The fourth-order valence-corrected chi connectivity index (χ4v) is 3.86. The molecule has 76 valence electrons. The molecule has 0 heterocycles. The van der Waals surface area contributed by atoms with Gasteiger partial charge in [-0.3, -0.25) is 0 Å². The van der Waals surface area contributed by atoms with Crippen LogP contribution in [0.3, 0.4) is 0 Å². The zero-order valence-electron chi connectivity index (χ0n) is 9.46. The molecule has 2 saturated carbocycles. The van der Waals surface area contributed by atoms with E-state index >= 15 is 0 Å². The minimum Gasteiger partial charge on any atom is -0.393 e. The summed E-state index contributed by atoms with van der Waals surface area (Å²) in [7, 11) is 0. The van der Waals surface area contributed by atoms with Crippen LogP contribution >= 0.6 is 0 Å². The molecule has 4 unspecified atom stereocenters. The van der Waals surface area contributed by atoms with Gasteiger partial charge in [-0.1, -0.05) is 34.6 Å². The van der Waals surface area contributed by atoms with Crippen molar-refractivity contribution in [1.82, 2.24) is 0 Å². The predicted molar refractivity (Wildman–Crippen MR) is 54.3 cm³/mol. The molecule has 0 spiro atoms. The van der Waals surface area contributed by atoms with E-state index in [0.29, 0.717) is 22.7 Å². The Labute approximate surface area is 81.5 Å². The summed E-state index contributed by atoms with van der Waals surface area (Å²) in [6, 6.07) is 0. The van der Waals surface area contributed by atoms with Crippen molar-refractivity contribution >= 4 is 0 Å². The average Bonchev–Trinajstić information content (AvgIpc) is 2.36. The maximum Gasteiger partial charge on any atom is 0.0602 e. The molecular formula is C12H22O. The summed E-state index contributed by atoms with van der Waals surface area (Å²) in [6.07, 6.45) is 1.19. The molecule has 0 radical (unpaired) electrons. The van der Waals surface area contributed by atoms with Crippen molar-refractivity contribution in [2.24, 2.45) is 28.6 Å². The maximum atomic E-state index is 10.1. The second kappa shape index (κ2) is 2.31. The summed E-state index contributed by atoms with van der Waals surface area (Å²) in [4.78, 5) is 0. The first-order valence-electron chi connectivity index (χ1n) is 5.48. The highest BCUT2D eigenvalue weighted by Crippen LogP contribution is 2.67. The lowest BCUT2D eigenvalue weighted by molar-refractivity contribution is -0.0713. The molecule has 2 aliphatic carbocycles. The van der Waals surface area contributed by atoms with Crippen LogP contribution in [0.15, 0.2) is 0 Å². The summed E-state index contributed by atoms with van der Waals surface area (Å²) in [5.41, 5.74) is 0.708. The number of rotatable bonds is 0. The Morgan fingerprint density at radius 1 is 1.00 bits per heavy atom. The zero-order valence-corrected chi connectivity index (χ0v) is 9.46. The van der Waals surface area contributed by atoms with Gasteiger partial charge in [-0.2, -0.15) is 0 Å². The Hall–Kier alpha value is -0.0400. The molecule has 0 aromatic heterocycles. The van der Waals surface area contributed by atoms with E-state index in [2.05, 4.69) is 34.6 Å². The van der Waals surface area contributed by atoms with Crippen molar-refractivity contribution in [3.63, 3.8) is 0 Å². The number of aliphatic hydroxyl groups excluding tert-OH is 1. The summed E-state index contributed by atoms with van der Waals surface area (Å²) in [5, 5.41) is 10.1. The number of aliphatic hydroxyl groups is 1. The highest BCUT2D eigenvalue weighted by atomic mass is 16.3. The quantitative estimate of drug-likeness (QED) is 0.610. The maximum absolute atomic E-state index is 10.1. The number of fused-ring (bicyclic) bond motifs is 2. The third-order valence-corrected chi connectivity index (χ3v) is 5.61. The SMILES string of the molecule is CC1C(O)C2CC1C(C)(C)C2(C)C. The molecule has 1 nitrogen and oxygen atoms in total. The van der Waals surface area contributed by atoms with E-state index in [0.717, 1.165) is 5.92 Å². The average molecular weight is 182 g/mol. The van der Waals surface area contributed by atoms with E-state index < -0.39 is 0 Å². The van der Waals surface area contributed by atoms with E-state index in [-0.39, 0.29) is 6.10 Å². The van der Waals surface area contributed by atoms with Crippen molar-refractivity contribution < 1.29 is 5.11 Å². The van der Waals surface area contributed by atoms with Gasteiger partial charge in [-0.25, -0.2) is 0 Å². The van der Waals surface area contributed by atoms with E-state index in [1.54, 1.807) is 0 Å². The fraction of sp³-hybridized carbons (Fsp3) is 1.00. The standard InChI is InChI=1S/C12H22O/c1-7-8-6-9(10(7)13)12(4,5)11(8,2)3/h7-10,13H,6H2,1-5H3. The van der Waals surface area contributed by atoms with Crippen LogP contribution in [0.4, 0.5) is 0 Å². The van der Waals surface area contributed by atoms with Crippen molar-refractivity contribution in [3.05, 3.63) is 0 Å². The minimum atomic E-state index is -0.0481. The normalized spacial score (nSPS) is 51.2. The third kappa shape index (κ3) is 0.869. The Morgan fingerprint density at radius 3 is 1.85 bits per heavy atom. The molecule has 2 aliphatic rings. The summed E-state index contributed by atoms with van der Waals surface area (Å²) >= 11 is 0. The second-order valence-electron chi connectivity index (χ2n) is 6.24. The van der Waals surface area contributed by atoms with Crippen LogP contribution in [0.5, 0.6) is 0 Å². The molecule has 0 amide bonds. The van der Waals surface area contributed by atoms with Crippen LogP contribution in [-0.4, -0.2) is 11.2 Å². The smallest absolute Gasteiger partial charge is 0.0602 e. The molecule has 2 fully saturated rings. The summed E-state index contributed by atoms with van der Waals surface area (Å²) < 4.78 is 0. The Morgan fingerprint density at radius 2 is 1.46 bits per heavy atom. The van der Waals surface area contributed by atoms with Gasteiger partial charge in [-0.15, -0.1) is 0 Å². The molecule has 2 bridgehead atoms. The minimum absolute atomic E-state index is 0.0481. The lowest BCUT2D eigenvalue weighted by atomic mass is 9.56. The molecule has 13 heavy (non-hydrogen) atoms.